The minimum Gasteiger partial charge on any atom is -0.0622 e. The van der Waals surface area contributed by atoms with Crippen molar-refractivity contribution in [2.45, 2.75) is 0 Å². The van der Waals surface area contributed by atoms with Crippen molar-refractivity contribution >= 4 is 60.0 Å². The molecule has 0 fully saturated rings. The number of benzene rings is 6. The highest BCUT2D eigenvalue weighted by molar-refractivity contribution is 8.22. The molecule has 0 aliphatic rings. The standard InChI is InChI=1S/C37H30P3/c1-7-19-31(20-8-1)38(32-21-9-2-10-22-32)37(39(33-23-11-3-12-24-33)34-25-13-4-14-26-34)40(35-27-15-5-16-28-35)36-29-17-6-18-30-36/h1-30H/q+1. The maximum absolute atomic E-state index is 2.34. The molecule has 0 amide bonds. The van der Waals surface area contributed by atoms with Gasteiger partial charge in [0.2, 0.25) is 0 Å². The number of hydrogen-bond donors (Lipinski definition) is 0. The molecule has 6 aromatic carbocycles. The SMILES string of the molecule is c1ccc(P(C(P(c2ccccc2)c2ccccc2)=[P+](c2ccccc2)c2ccccc2)c2ccccc2)cc1. The van der Waals surface area contributed by atoms with Crippen molar-refractivity contribution in [3.05, 3.63) is 182 Å². The van der Waals surface area contributed by atoms with Gasteiger partial charge in [-0.15, -0.1) is 0 Å². The van der Waals surface area contributed by atoms with Crippen molar-refractivity contribution in [2.24, 2.45) is 0 Å². The molecular formula is C37H30P3+. The summed E-state index contributed by atoms with van der Waals surface area (Å²) in [6.45, 7) is 0. The third-order valence-corrected chi connectivity index (χ3v) is 16.4. The third kappa shape index (κ3) is 5.92. The summed E-state index contributed by atoms with van der Waals surface area (Å²) in [5, 5.41) is 8.40. The summed E-state index contributed by atoms with van der Waals surface area (Å²) in [5.41, 5.74) is 0. The van der Waals surface area contributed by atoms with Gasteiger partial charge in [-0.25, -0.2) is 0 Å². The summed E-state index contributed by atoms with van der Waals surface area (Å²) in [5.74, 6) is 0. The molecule has 6 aromatic rings. The lowest BCUT2D eigenvalue weighted by Gasteiger charge is -2.27. The van der Waals surface area contributed by atoms with Crippen LogP contribution in [-0.4, -0.2) is 4.78 Å². The lowest BCUT2D eigenvalue weighted by Crippen LogP contribution is -2.26. The van der Waals surface area contributed by atoms with Crippen LogP contribution in [0.2, 0.25) is 0 Å². The minimum atomic E-state index is -0.813. The van der Waals surface area contributed by atoms with Crippen LogP contribution in [0.1, 0.15) is 0 Å². The van der Waals surface area contributed by atoms with Crippen molar-refractivity contribution in [3.8, 4) is 0 Å². The fourth-order valence-corrected chi connectivity index (χ4v) is 16.6. The second-order valence-corrected chi connectivity index (χ2v) is 16.8. The van der Waals surface area contributed by atoms with Crippen LogP contribution in [0, 0.1) is 0 Å². The predicted octanol–water partition coefficient (Wildman–Crippen LogP) is 7.47. The van der Waals surface area contributed by atoms with E-state index in [4.69, 9.17) is 0 Å². The van der Waals surface area contributed by atoms with Gasteiger partial charge in [0.05, 0.1) is 0 Å². The molecule has 192 valence electrons. The molecule has 0 nitrogen and oxygen atoms in total. The monoisotopic (exact) mass is 567 g/mol. The van der Waals surface area contributed by atoms with E-state index in [0.29, 0.717) is 0 Å². The average Bonchev–Trinajstić information content (AvgIpc) is 3.04. The largest absolute Gasteiger partial charge is 0.179 e. The van der Waals surface area contributed by atoms with Crippen LogP contribution in [0.3, 0.4) is 0 Å². The van der Waals surface area contributed by atoms with Crippen LogP contribution in [0.5, 0.6) is 0 Å². The maximum Gasteiger partial charge on any atom is 0.179 e. The molecule has 0 spiro atoms. The molecule has 0 atom stereocenters. The Bertz CT molecular complexity index is 1450. The highest BCUT2D eigenvalue weighted by Gasteiger charge is 2.39. The van der Waals surface area contributed by atoms with Gasteiger partial charge in [-0.05, 0) is 45.5 Å². The third-order valence-electron chi connectivity index (χ3n) is 6.69. The Morgan fingerprint density at radius 3 is 0.775 bits per heavy atom. The molecule has 6 rings (SSSR count). The van der Waals surface area contributed by atoms with Gasteiger partial charge in [0.25, 0.3) is 0 Å². The van der Waals surface area contributed by atoms with E-state index in [1.165, 1.54) is 31.8 Å². The zero-order valence-electron chi connectivity index (χ0n) is 22.2. The molecule has 0 aliphatic carbocycles. The Balaban J connectivity index is 1.79. The van der Waals surface area contributed by atoms with E-state index in [1.807, 2.05) is 0 Å². The maximum atomic E-state index is 2.34. The smallest absolute Gasteiger partial charge is 0.0622 e. The quantitative estimate of drug-likeness (QED) is 0.167. The van der Waals surface area contributed by atoms with Crippen LogP contribution < -0.4 is 31.8 Å². The summed E-state index contributed by atoms with van der Waals surface area (Å²) < 4.78 is 1.65. The molecule has 0 unspecified atom stereocenters. The van der Waals surface area contributed by atoms with Gasteiger partial charge >= 0.3 is 0 Å². The first-order valence-electron chi connectivity index (χ1n) is 13.5. The van der Waals surface area contributed by atoms with Crippen molar-refractivity contribution < 1.29 is 0 Å². The molecule has 40 heavy (non-hydrogen) atoms. The Kier molecular flexibility index (Phi) is 8.72. The van der Waals surface area contributed by atoms with Gasteiger partial charge in [-0.2, -0.15) is 0 Å². The first kappa shape index (κ1) is 26.6. The van der Waals surface area contributed by atoms with E-state index >= 15 is 0 Å². The number of rotatable bonds is 8. The summed E-state index contributed by atoms with van der Waals surface area (Å²) in [7, 11) is -2.44. The number of hydrogen-bond acceptors (Lipinski definition) is 0. The van der Waals surface area contributed by atoms with Gasteiger partial charge in [0.15, 0.2) is 22.9 Å². The normalized spacial score (nSPS) is 10.9. The molecule has 0 saturated carbocycles. The van der Waals surface area contributed by atoms with Crippen molar-refractivity contribution in [1.82, 2.24) is 0 Å². The summed E-state index contributed by atoms with van der Waals surface area (Å²) in [6.07, 6.45) is 0. The van der Waals surface area contributed by atoms with Gasteiger partial charge < -0.3 is 0 Å². The molecule has 0 N–H and O–H groups in total. The average molecular weight is 568 g/mol. The van der Waals surface area contributed by atoms with Crippen molar-refractivity contribution in [3.63, 3.8) is 0 Å². The zero-order valence-corrected chi connectivity index (χ0v) is 24.8. The van der Waals surface area contributed by atoms with E-state index in [0.717, 1.165) is 0 Å². The van der Waals surface area contributed by atoms with E-state index in [1.54, 1.807) is 4.78 Å². The second-order valence-electron chi connectivity index (χ2n) is 9.32. The van der Waals surface area contributed by atoms with Crippen molar-refractivity contribution in [2.75, 3.05) is 0 Å². The van der Waals surface area contributed by atoms with Gasteiger partial charge in [0, 0.05) is 15.8 Å². The molecule has 0 aliphatic heterocycles. The van der Waals surface area contributed by atoms with Crippen molar-refractivity contribution in [1.29, 1.82) is 0 Å². The molecular weight excluding hydrogens is 537 g/mol. The predicted molar refractivity (Wildman–Crippen MR) is 182 cm³/mol. The van der Waals surface area contributed by atoms with Crippen LogP contribution in [0.25, 0.3) is 0 Å². The molecule has 0 radical (unpaired) electrons. The molecule has 0 heterocycles. The molecule has 0 saturated heterocycles. The van der Waals surface area contributed by atoms with E-state index in [2.05, 4.69) is 182 Å². The van der Waals surface area contributed by atoms with E-state index in [-0.39, 0.29) is 0 Å². The Morgan fingerprint density at radius 2 is 0.525 bits per heavy atom. The molecule has 0 aromatic heterocycles. The summed E-state index contributed by atoms with van der Waals surface area (Å²) >= 11 is 0. The van der Waals surface area contributed by atoms with Crippen LogP contribution in [0.4, 0.5) is 0 Å². The lowest BCUT2D eigenvalue weighted by atomic mass is 10.4. The highest BCUT2D eigenvalue weighted by atomic mass is 31.2. The van der Waals surface area contributed by atoms with E-state index < -0.39 is 23.4 Å². The first-order chi connectivity index (χ1) is 19.9. The Labute approximate surface area is 241 Å². The van der Waals surface area contributed by atoms with Gasteiger partial charge in [-0.3, -0.25) is 0 Å². The fraction of sp³-hybridized carbons (Fsp3) is 0. The second kappa shape index (κ2) is 13.1. The van der Waals surface area contributed by atoms with Gasteiger partial charge in [0.1, 0.15) is 0 Å². The van der Waals surface area contributed by atoms with Crippen LogP contribution in [0.15, 0.2) is 182 Å². The molecule has 3 heteroatoms. The Morgan fingerprint density at radius 1 is 0.300 bits per heavy atom. The highest BCUT2D eigenvalue weighted by Crippen LogP contribution is 2.57. The lowest BCUT2D eigenvalue weighted by molar-refractivity contribution is 1.75. The Hall–Kier alpha value is -3.65. The zero-order chi connectivity index (χ0) is 27.0. The van der Waals surface area contributed by atoms with E-state index in [9.17, 15) is 0 Å². The molecule has 0 bridgehead atoms. The van der Waals surface area contributed by atoms with Crippen LogP contribution in [-0.2, 0) is 0 Å². The first-order valence-corrected chi connectivity index (χ1v) is 17.5. The topological polar surface area (TPSA) is 0 Å². The fourth-order valence-electron chi connectivity index (χ4n) is 4.90. The minimum absolute atomic E-state index is 0.813. The van der Waals surface area contributed by atoms with Crippen LogP contribution >= 0.6 is 23.4 Å². The van der Waals surface area contributed by atoms with Gasteiger partial charge in [-0.1, -0.05) is 158 Å². The summed E-state index contributed by atoms with van der Waals surface area (Å²) in [4.78, 5) is 0. The summed E-state index contributed by atoms with van der Waals surface area (Å²) in [6, 6.07) is 67.3.